The minimum Gasteiger partial charge on any atom is -0.507 e. The highest BCUT2D eigenvalue weighted by atomic mass is 79.9. The fourth-order valence-electron chi connectivity index (χ4n) is 2.77. The van der Waals surface area contributed by atoms with Crippen LogP contribution in [0.5, 0.6) is 17.2 Å². The lowest BCUT2D eigenvalue weighted by Gasteiger charge is -2.19. The van der Waals surface area contributed by atoms with E-state index in [2.05, 4.69) is 20.8 Å². The molecule has 0 saturated heterocycles. The molecule has 5 nitrogen and oxygen atoms in total. The summed E-state index contributed by atoms with van der Waals surface area (Å²) in [6.07, 6.45) is 1.30. The van der Waals surface area contributed by atoms with Crippen LogP contribution in [0.25, 0.3) is 11.0 Å². The van der Waals surface area contributed by atoms with E-state index < -0.39 is 0 Å². The molecule has 0 amide bonds. The first-order chi connectivity index (χ1) is 12.5. The first kappa shape index (κ1) is 18.5. The van der Waals surface area contributed by atoms with Gasteiger partial charge in [0.15, 0.2) is 0 Å². The third kappa shape index (κ3) is 3.61. The van der Waals surface area contributed by atoms with Crippen molar-refractivity contribution >= 4 is 26.9 Å². The Morgan fingerprint density at radius 1 is 1.12 bits per heavy atom. The summed E-state index contributed by atoms with van der Waals surface area (Å²) in [5.74, 6) is 0.747. The topological polar surface area (TPSA) is 62.9 Å². The van der Waals surface area contributed by atoms with Crippen LogP contribution in [-0.2, 0) is 6.54 Å². The van der Waals surface area contributed by atoms with E-state index in [1.165, 1.54) is 12.3 Å². The molecule has 3 aromatic rings. The van der Waals surface area contributed by atoms with E-state index in [4.69, 9.17) is 9.15 Å². The summed E-state index contributed by atoms with van der Waals surface area (Å²) in [5, 5.41) is 10.6. The summed E-state index contributed by atoms with van der Waals surface area (Å²) in [4.78, 5) is 15.0. The first-order valence-electron chi connectivity index (χ1n) is 8.46. The van der Waals surface area contributed by atoms with Gasteiger partial charge in [0, 0.05) is 6.54 Å². The van der Waals surface area contributed by atoms with E-state index in [9.17, 15) is 9.90 Å². The Balaban J connectivity index is 2.06. The lowest BCUT2D eigenvalue weighted by Crippen LogP contribution is -2.22. The average molecular weight is 418 g/mol. The fraction of sp³-hybridized carbons (Fsp3) is 0.250. The number of para-hydroxylation sites is 1. The molecule has 0 spiro atoms. The maximum absolute atomic E-state index is 12.8. The van der Waals surface area contributed by atoms with Crippen LogP contribution in [0.2, 0.25) is 0 Å². The molecule has 1 heterocycles. The molecule has 0 bridgehead atoms. The normalized spacial score (nSPS) is 11.2. The Labute approximate surface area is 159 Å². The zero-order valence-corrected chi connectivity index (χ0v) is 16.2. The van der Waals surface area contributed by atoms with Gasteiger partial charge >= 0.3 is 0 Å². The summed E-state index contributed by atoms with van der Waals surface area (Å²) >= 11 is 3.40. The Bertz CT molecular complexity index is 979. The van der Waals surface area contributed by atoms with Crippen molar-refractivity contribution in [2.45, 2.75) is 20.4 Å². The molecule has 2 aromatic carbocycles. The highest BCUT2D eigenvalue weighted by Crippen LogP contribution is 2.31. The molecule has 136 valence electrons. The Hall–Kier alpha value is -2.31. The number of ether oxygens (including phenoxy) is 1. The van der Waals surface area contributed by atoms with Gasteiger partial charge in [-0.3, -0.25) is 9.69 Å². The lowest BCUT2D eigenvalue weighted by atomic mass is 10.1. The zero-order valence-electron chi connectivity index (χ0n) is 14.7. The monoisotopic (exact) mass is 417 g/mol. The van der Waals surface area contributed by atoms with Gasteiger partial charge in [-0.1, -0.05) is 26.0 Å². The molecule has 0 saturated carbocycles. The van der Waals surface area contributed by atoms with Gasteiger partial charge in [-0.25, -0.2) is 0 Å². The second kappa shape index (κ2) is 7.93. The average Bonchev–Trinajstić information content (AvgIpc) is 2.65. The number of phenols is 1. The maximum Gasteiger partial charge on any atom is 0.235 e. The minimum absolute atomic E-state index is 0.101. The van der Waals surface area contributed by atoms with Crippen LogP contribution in [0.4, 0.5) is 0 Å². The van der Waals surface area contributed by atoms with E-state index in [0.29, 0.717) is 28.8 Å². The van der Waals surface area contributed by atoms with Gasteiger partial charge in [0.2, 0.25) is 11.2 Å². The highest BCUT2D eigenvalue weighted by molar-refractivity contribution is 9.10. The molecule has 0 aliphatic heterocycles. The number of fused-ring (bicyclic) bond motifs is 1. The lowest BCUT2D eigenvalue weighted by molar-refractivity contribution is 0.290. The van der Waals surface area contributed by atoms with Crippen LogP contribution in [-0.4, -0.2) is 23.1 Å². The van der Waals surface area contributed by atoms with E-state index >= 15 is 0 Å². The first-order valence-corrected chi connectivity index (χ1v) is 9.25. The third-order valence-electron chi connectivity index (χ3n) is 4.32. The van der Waals surface area contributed by atoms with Crippen LogP contribution in [0.3, 0.4) is 0 Å². The van der Waals surface area contributed by atoms with Crippen molar-refractivity contribution in [3.05, 3.63) is 62.9 Å². The van der Waals surface area contributed by atoms with E-state index in [1.54, 1.807) is 12.1 Å². The van der Waals surface area contributed by atoms with E-state index in [-0.39, 0.29) is 16.9 Å². The Kier molecular flexibility index (Phi) is 5.64. The standard InChI is InChI=1S/C20H20BrNO4/c1-3-22(4-2)11-14-16(23)10-9-13-19(24)18(12-25-20(13)14)26-17-8-6-5-7-15(17)21/h5-10,12,23H,3-4,11H2,1-2H3. The summed E-state index contributed by atoms with van der Waals surface area (Å²) < 4.78 is 12.2. The van der Waals surface area contributed by atoms with Crippen LogP contribution in [0, 0.1) is 0 Å². The maximum atomic E-state index is 12.8. The van der Waals surface area contributed by atoms with Crippen molar-refractivity contribution in [3.63, 3.8) is 0 Å². The number of aromatic hydroxyl groups is 1. The molecular formula is C20H20BrNO4. The van der Waals surface area contributed by atoms with Crippen molar-refractivity contribution in [2.24, 2.45) is 0 Å². The zero-order chi connectivity index (χ0) is 18.7. The Morgan fingerprint density at radius 2 is 1.85 bits per heavy atom. The fourth-order valence-corrected chi connectivity index (χ4v) is 3.14. The molecule has 0 radical (unpaired) electrons. The molecule has 3 rings (SSSR count). The van der Waals surface area contributed by atoms with Crippen molar-refractivity contribution in [1.29, 1.82) is 0 Å². The number of hydrogen-bond acceptors (Lipinski definition) is 5. The van der Waals surface area contributed by atoms with Crippen LogP contribution in [0.15, 0.2) is 56.3 Å². The van der Waals surface area contributed by atoms with E-state index in [0.717, 1.165) is 17.6 Å². The summed E-state index contributed by atoms with van der Waals surface area (Å²) in [6, 6.07) is 10.4. The largest absolute Gasteiger partial charge is 0.507 e. The smallest absolute Gasteiger partial charge is 0.235 e. The SMILES string of the molecule is CCN(CC)Cc1c(O)ccc2c(=O)c(Oc3ccccc3Br)coc12. The predicted octanol–water partition coefficient (Wildman–Crippen LogP) is 4.90. The second-order valence-electron chi connectivity index (χ2n) is 5.86. The van der Waals surface area contributed by atoms with Gasteiger partial charge in [0.05, 0.1) is 15.4 Å². The van der Waals surface area contributed by atoms with E-state index in [1.807, 2.05) is 32.0 Å². The van der Waals surface area contributed by atoms with Gasteiger partial charge in [-0.2, -0.15) is 0 Å². The molecule has 1 aromatic heterocycles. The number of nitrogens with zero attached hydrogens (tertiary/aromatic N) is 1. The highest BCUT2D eigenvalue weighted by Gasteiger charge is 2.17. The number of hydrogen-bond donors (Lipinski definition) is 1. The summed E-state index contributed by atoms with van der Waals surface area (Å²) in [6.45, 7) is 6.26. The van der Waals surface area contributed by atoms with Crippen molar-refractivity contribution in [1.82, 2.24) is 4.90 Å². The molecule has 1 N–H and O–H groups in total. The van der Waals surface area contributed by atoms with Crippen molar-refractivity contribution in [2.75, 3.05) is 13.1 Å². The van der Waals surface area contributed by atoms with Crippen LogP contribution >= 0.6 is 15.9 Å². The molecule has 0 atom stereocenters. The minimum atomic E-state index is -0.275. The molecular weight excluding hydrogens is 398 g/mol. The van der Waals surface area contributed by atoms with Crippen LogP contribution in [0.1, 0.15) is 19.4 Å². The number of benzene rings is 2. The van der Waals surface area contributed by atoms with Gasteiger partial charge in [0.1, 0.15) is 23.3 Å². The van der Waals surface area contributed by atoms with Crippen molar-refractivity contribution < 1.29 is 14.3 Å². The van der Waals surface area contributed by atoms with Crippen molar-refractivity contribution in [3.8, 4) is 17.2 Å². The van der Waals surface area contributed by atoms with Gasteiger partial charge in [-0.15, -0.1) is 0 Å². The number of halogens is 1. The summed E-state index contributed by atoms with van der Waals surface area (Å²) in [7, 11) is 0. The number of rotatable bonds is 6. The number of phenolic OH excluding ortho intramolecular Hbond substituents is 1. The van der Waals surface area contributed by atoms with Gasteiger partial charge < -0.3 is 14.3 Å². The molecule has 0 aliphatic rings. The van der Waals surface area contributed by atoms with Gasteiger partial charge in [-0.05, 0) is 53.3 Å². The molecule has 0 aliphatic carbocycles. The quantitative estimate of drug-likeness (QED) is 0.617. The predicted molar refractivity (Wildman–Crippen MR) is 105 cm³/mol. The Morgan fingerprint density at radius 3 is 2.54 bits per heavy atom. The van der Waals surface area contributed by atoms with Crippen LogP contribution < -0.4 is 10.2 Å². The molecule has 6 heteroatoms. The molecule has 26 heavy (non-hydrogen) atoms. The summed E-state index contributed by atoms with van der Waals surface area (Å²) in [5.41, 5.74) is 0.722. The molecule has 0 unspecified atom stereocenters. The molecule has 0 fully saturated rings. The third-order valence-corrected chi connectivity index (χ3v) is 4.98. The second-order valence-corrected chi connectivity index (χ2v) is 6.72. The van der Waals surface area contributed by atoms with Gasteiger partial charge in [0.25, 0.3) is 0 Å².